The van der Waals surface area contributed by atoms with E-state index >= 15 is 0 Å². The van der Waals surface area contributed by atoms with Crippen molar-refractivity contribution in [1.82, 2.24) is 9.62 Å². The quantitative estimate of drug-likeness (QED) is 0.694. The van der Waals surface area contributed by atoms with Crippen molar-refractivity contribution in [3.8, 4) is 11.5 Å². The van der Waals surface area contributed by atoms with Gasteiger partial charge in [0.1, 0.15) is 13.2 Å². The Bertz CT molecular complexity index is 803. The summed E-state index contributed by atoms with van der Waals surface area (Å²) in [5.74, 6) is 1.06. The van der Waals surface area contributed by atoms with Gasteiger partial charge in [-0.3, -0.25) is 4.79 Å². The summed E-state index contributed by atoms with van der Waals surface area (Å²) in [4.78, 5) is 12.7. The first-order valence-corrected chi connectivity index (χ1v) is 12.0. The van der Waals surface area contributed by atoms with Crippen molar-refractivity contribution in [3.05, 3.63) is 18.2 Å². The number of hydrogen-bond donors (Lipinski definition) is 1. The van der Waals surface area contributed by atoms with Crippen molar-refractivity contribution < 1.29 is 22.7 Å². The van der Waals surface area contributed by atoms with Gasteiger partial charge in [-0.2, -0.15) is 4.31 Å². The minimum atomic E-state index is -3.83. The highest BCUT2D eigenvalue weighted by Gasteiger charge is 2.29. The fourth-order valence-corrected chi connectivity index (χ4v) is 5.13. The third-order valence-corrected chi connectivity index (χ3v) is 7.24. The predicted octanol–water partition coefficient (Wildman–Crippen LogP) is 2.94. The van der Waals surface area contributed by atoms with E-state index in [2.05, 4.69) is 5.32 Å². The molecule has 1 aliphatic carbocycles. The van der Waals surface area contributed by atoms with E-state index in [9.17, 15) is 13.2 Å². The molecule has 1 aromatic rings. The van der Waals surface area contributed by atoms with Gasteiger partial charge >= 0.3 is 0 Å². The Labute approximate surface area is 173 Å². The van der Waals surface area contributed by atoms with Gasteiger partial charge in [0.15, 0.2) is 11.5 Å². The molecule has 29 heavy (non-hydrogen) atoms. The number of hydrogen-bond acceptors (Lipinski definition) is 5. The maximum atomic E-state index is 13.3. The molecule has 0 saturated heterocycles. The summed E-state index contributed by atoms with van der Waals surface area (Å²) < 4.78 is 38.9. The number of benzene rings is 1. The van der Waals surface area contributed by atoms with Crippen molar-refractivity contribution in [2.45, 2.75) is 63.3 Å². The molecule has 3 rings (SSSR count). The Hall–Kier alpha value is -1.80. The van der Waals surface area contributed by atoms with Crippen LogP contribution < -0.4 is 14.8 Å². The van der Waals surface area contributed by atoms with Crippen LogP contribution in [0.2, 0.25) is 0 Å². The molecule has 1 fully saturated rings. The van der Waals surface area contributed by atoms with Crippen LogP contribution in [0.5, 0.6) is 11.5 Å². The van der Waals surface area contributed by atoms with Gasteiger partial charge in [-0.15, -0.1) is 0 Å². The number of carbonyl (C=O) groups is 1. The standard InChI is InChI=1S/C21H32N2O5S/c1-16(2)10-11-23(15-21(24)22-17-6-4-3-5-7-17)29(25,26)18-8-9-19-20(14-18)28-13-12-27-19/h8-9,14,16-17H,3-7,10-13,15H2,1-2H3,(H,22,24). The number of ether oxygens (including phenoxy) is 2. The highest BCUT2D eigenvalue weighted by atomic mass is 32.2. The van der Waals surface area contributed by atoms with Gasteiger partial charge in [-0.05, 0) is 37.3 Å². The van der Waals surface area contributed by atoms with Gasteiger partial charge in [0, 0.05) is 18.7 Å². The van der Waals surface area contributed by atoms with E-state index in [4.69, 9.17) is 9.47 Å². The minimum Gasteiger partial charge on any atom is -0.486 e. The molecule has 1 heterocycles. The Morgan fingerprint density at radius 2 is 1.83 bits per heavy atom. The Morgan fingerprint density at radius 1 is 1.14 bits per heavy atom. The fraction of sp³-hybridized carbons (Fsp3) is 0.667. The van der Waals surface area contributed by atoms with Crippen LogP contribution >= 0.6 is 0 Å². The third-order valence-electron chi connectivity index (χ3n) is 5.40. The van der Waals surface area contributed by atoms with Crippen molar-refractivity contribution in [3.63, 3.8) is 0 Å². The molecule has 0 spiro atoms. The van der Waals surface area contributed by atoms with Crippen molar-refractivity contribution >= 4 is 15.9 Å². The van der Waals surface area contributed by atoms with Crippen LogP contribution in [0.25, 0.3) is 0 Å². The van der Waals surface area contributed by atoms with Gasteiger partial charge in [-0.25, -0.2) is 8.42 Å². The van der Waals surface area contributed by atoms with Crippen molar-refractivity contribution in [2.75, 3.05) is 26.3 Å². The molecule has 1 saturated carbocycles. The maximum absolute atomic E-state index is 13.3. The molecule has 0 atom stereocenters. The second kappa shape index (κ2) is 9.80. The maximum Gasteiger partial charge on any atom is 0.243 e. The van der Waals surface area contributed by atoms with Crippen LogP contribution in [0.15, 0.2) is 23.1 Å². The van der Waals surface area contributed by atoms with Gasteiger partial charge in [0.2, 0.25) is 15.9 Å². The summed E-state index contributed by atoms with van der Waals surface area (Å²) in [6.45, 7) is 5.04. The number of rotatable bonds is 8. The molecular weight excluding hydrogens is 392 g/mol. The number of fused-ring (bicyclic) bond motifs is 1. The second-order valence-electron chi connectivity index (χ2n) is 8.23. The van der Waals surface area contributed by atoms with Crippen molar-refractivity contribution in [1.29, 1.82) is 0 Å². The molecule has 0 aromatic heterocycles. The zero-order valence-electron chi connectivity index (χ0n) is 17.4. The average molecular weight is 425 g/mol. The van der Waals surface area contributed by atoms with Gasteiger partial charge < -0.3 is 14.8 Å². The van der Waals surface area contributed by atoms with E-state index in [0.29, 0.717) is 43.6 Å². The summed E-state index contributed by atoms with van der Waals surface area (Å²) >= 11 is 0. The van der Waals surface area contributed by atoms with E-state index in [1.807, 2.05) is 13.8 Å². The number of carbonyl (C=O) groups excluding carboxylic acids is 1. The first-order chi connectivity index (χ1) is 13.9. The molecule has 1 aromatic carbocycles. The first-order valence-electron chi connectivity index (χ1n) is 10.6. The lowest BCUT2D eigenvalue weighted by atomic mass is 9.95. The Balaban J connectivity index is 1.76. The predicted molar refractivity (Wildman–Crippen MR) is 111 cm³/mol. The molecule has 1 aliphatic heterocycles. The summed E-state index contributed by atoms with van der Waals surface area (Å²) in [6.07, 6.45) is 6.03. The highest BCUT2D eigenvalue weighted by molar-refractivity contribution is 7.89. The molecule has 1 amide bonds. The number of nitrogens with zero attached hydrogens (tertiary/aromatic N) is 1. The Kier molecular flexibility index (Phi) is 7.40. The van der Waals surface area contributed by atoms with Crippen LogP contribution in [-0.4, -0.2) is 51.0 Å². The number of nitrogens with one attached hydrogen (secondary N) is 1. The summed E-state index contributed by atoms with van der Waals surface area (Å²) in [7, 11) is -3.83. The molecule has 0 unspecified atom stereocenters. The van der Waals surface area contributed by atoms with Gasteiger partial charge in [0.05, 0.1) is 11.4 Å². The van der Waals surface area contributed by atoms with Crippen LogP contribution in [0.4, 0.5) is 0 Å². The summed E-state index contributed by atoms with van der Waals surface area (Å²) in [6, 6.07) is 4.78. The summed E-state index contributed by atoms with van der Waals surface area (Å²) in [5.41, 5.74) is 0. The van der Waals surface area contributed by atoms with E-state index in [1.165, 1.54) is 22.9 Å². The van der Waals surface area contributed by atoms with E-state index in [0.717, 1.165) is 25.7 Å². The van der Waals surface area contributed by atoms with Crippen molar-refractivity contribution in [2.24, 2.45) is 5.92 Å². The Morgan fingerprint density at radius 3 is 2.52 bits per heavy atom. The zero-order chi connectivity index (χ0) is 20.9. The first kappa shape index (κ1) is 21.9. The summed E-state index contributed by atoms with van der Waals surface area (Å²) in [5, 5.41) is 3.02. The highest BCUT2D eigenvalue weighted by Crippen LogP contribution is 2.33. The lowest BCUT2D eigenvalue weighted by molar-refractivity contribution is -0.122. The van der Waals surface area contributed by atoms with E-state index in [-0.39, 0.29) is 23.4 Å². The van der Waals surface area contributed by atoms with Gasteiger partial charge in [-0.1, -0.05) is 33.1 Å². The normalized spacial score (nSPS) is 17.5. The van der Waals surface area contributed by atoms with E-state index < -0.39 is 10.0 Å². The second-order valence-corrected chi connectivity index (χ2v) is 10.2. The molecule has 1 N–H and O–H groups in total. The lowest BCUT2D eigenvalue weighted by Gasteiger charge is -2.26. The van der Waals surface area contributed by atoms with Crippen LogP contribution in [0.3, 0.4) is 0 Å². The largest absolute Gasteiger partial charge is 0.486 e. The van der Waals surface area contributed by atoms with E-state index in [1.54, 1.807) is 6.07 Å². The molecule has 8 heteroatoms. The monoisotopic (exact) mass is 424 g/mol. The number of amides is 1. The lowest BCUT2D eigenvalue weighted by Crippen LogP contribution is -2.45. The molecule has 2 aliphatic rings. The topological polar surface area (TPSA) is 84.9 Å². The molecule has 0 radical (unpaired) electrons. The minimum absolute atomic E-state index is 0.121. The number of sulfonamides is 1. The smallest absolute Gasteiger partial charge is 0.243 e. The van der Waals surface area contributed by atoms with Crippen LogP contribution in [0, 0.1) is 5.92 Å². The third kappa shape index (κ3) is 5.85. The molecule has 162 valence electrons. The van der Waals surface area contributed by atoms with Crippen LogP contribution in [-0.2, 0) is 14.8 Å². The van der Waals surface area contributed by atoms with Crippen LogP contribution in [0.1, 0.15) is 52.4 Å². The SMILES string of the molecule is CC(C)CCN(CC(=O)NC1CCCCC1)S(=O)(=O)c1ccc2c(c1)OCCO2. The molecular formula is C21H32N2O5S. The fourth-order valence-electron chi connectivity index (χ4n) is 3.70. The molecule has 0 bridgehead atoms. The zero-order valence-corrected chi connectivity index (χ0v) is 18.2. The molecule has 7 nitrogen and oxygen atoms in total. The average Bonchev–Trinajstić information content (AvgIpc) is 2.71. The van der Waals surface area contributed by atoms with Gasteiger partial charge in [0.25, 0.3) is 0 Å².